The summed E-state index contributed by atoms with van der Waals surface area (Å²) in [7, 11) is 0. The highest BCUT2D eigenvalue weighted by molar-refractivity contribution is 6.04. The van der Waals surface area contributed by atoms with Gasteiger partial charge in [-0.3, -0.25) is 14.5 Å². The van der Waals surface area contributed by atoms with E-state index < -0.39 is 0 Å². The first kappa shape index (κ1) is 17.2. The molecule has 0 bridgehead atoms. The number of carbonyl (C=O) groups excluding carboxylic acids is 2. The lowest BCUT2D eigenvalue weighted by molar-refractivity contribution is -0.124. The number of hydrogen-bond donors (Lipinski definition) is 2. The van der Waals surface area contributed by atoms with E-state index in [1.807, 2.05) is 56.3 Å². The van der Waals surface area contributed by atoms with Crippen LogP contribution in [0.25, 0.3) is 0 Å². The highest BCUT2D eigenvalue weighted by Crippen LogP contribution is 2.16. The Bertz CT molecular complexity index is 784. The number of anilines is 1. The second-order valence-electron chi connectivity index (χ2n) is 6.51. The molecule has 2 N–H and O–H groups in total. The number of piperazine rings is 1. The minimum atomic E-state index is -0.118. The van der Waals surface area contributed by atoms with Crippen molar-refractivity contribution < 1.29 is 9.59 Å². The van der Waals surface area contributed by atoms with Gasteiger partial charge in [0.25, 0.3) is 5.91 Å². The van der Waals surface area contributed by atoms with E-state index in [1.54, 1.807) is 0 Å². The number of nitrogens with zero attached hydrogens (tertiary/aromatic N) is 1. The summed E-state index contributed by atoms with van der Waals surface area (Å²) in [4.78, 5) is 25.9. The van der Waals surface area contributed by atoms with Crippen LogP contribution in [0.15, 0.2) is 42.5 Å². The smallest absolute Gasteiger partial charge is 0.255 e. The van der Waals surface area contributed by atoms with Gasteiger partial charge < -0.3 is 10.6 Å². The Balaban J connectivity index is 1.62. The van der Waals surface area contributed by atoms with Crippen LogP contribution in [0.4, 0.5) is 5.69 Å². The van der Waals surface area contributed by atoms with Crippen LogP contribution in [0.2, 0.25) is 0 Å². The number of nitrogens with one attached hydrogen (secondary N) is 2. The first-order chi connectivity index (χ1) is 12.0. The summed E-state index contributed by atoms with van der Waals surface area (Å²) in [6.07, 6.45) is 0. The van der Waals surface area contributed by atoms with Gasteiger partial charge in [-0.05, 0) is 54.8 Å². The van der Waals surface area contributed by atoms with E-state index in [4.69, 9.17) is 0 Å². The molecule has 130 valence electrons. The second-order valence-corrected chi connectivity index (χ2v) is 6.51. The molecule has 5 nitrogen and oxygen atoms in total. The molecule has 2 aromatic carbocycles. The maximum absolute atomic E-state index is 12.4. The standard InChI is InChI=1S/C20H23N3O2/c1-14-3-8-18(11-15(14)2)22-20(25)17-6-4-16(5-7-17)12-23-10-9-21-19(24)13-23/h3-8,11H,9-10,12-13H2,1-2H3,(H,21,24)(H,22,25). The van der Waals surface area contributed by atoms with Crippen molar-refractivity contribution in [3.8, 4) is 0 Å². The van der Waals surface area contributed by atoms with Crippen molar-refractivity contribution in [3.05, 3.63) is 64.7 Å². The topological polar surface area (TPSA) is 61.4 Å². The summed E-state index contributed by atoms with van der Waals surface area (Å²) in [5.74, 6) is -0.0530. The van der Waals surface area contributed by atoms with Crippen molar-refractivity contribution in [2.24, 2.45) is 0 Å². The summed E-state index contributed by atoms with van der Waals surface area (Å²) in [5.41, 5.74) is 4.87. The van der Waals surface area contributed by atoms with Gasteiger partial charge in [0.05, 0.1) is 6.54 Å². The fourth-order valence-corrected chi connectivity index (χ4v) is 2.87. The molecule has 1 heterocycles. The van der Waals surface area contributed by atoms with Crippen molar-refractivity contribution in [1.29, 1.82) is 0 Å². The first-order valence-corrected chi connectivity index (χ1v) is 8.48. The predicted octanol–water partition coefficient (Wildman–Crippen LogP) is 2.49. The average Bonchev–Trinajstić information content (AvgIpc) is 2.59. The molecule has 0 radical (unpaired) electrons. The van der Waals surface area contributed by atoms with E-state index in [0.29, 0.717) is 25.2 Å². The van der Waals surface area contributed by atoms with Gasteiger partial charge in [-0.25, -0.2) is 0 Å². The molecular formula is C20H23N3O2. The molecule has 0 saturated carbocycles. The lowest BCUT2D eigenvalue weighted by atomic mass is 10.1. The van der Waals surface area contributed by atoms with E-state index in [1.165, 1.54) is 5.56 Å². The van der Waals surface area contributed by atoms with E-state index in [-0.39, 0.29) is 11.8 Å². The quantitative estimate of drug-likeness (QED) is 0.901. The average molecular weight is 337 g/mol. The largest absolute Gasteiger partial charge is 0.354 e. The third-order valence-corrected chi connectivity index (χ3v) is 4.50. The molecular weight excluding hydrogens is 314 g/mol. The SMILES string of the molecule is Cc1ccc(NC(=O)c2ccc(CN3CCNC(=O)C3)cc2)cc1C. The van der Waals surface area contributed by atoms with E-state index >= 15 is 0 Å². The molecule has 0 aromatic heterocycles. The van der Waals surface area contributed by atoms with Crippen LogP contribution < -0.4 is 10.6 Å². The van der Waals surface area contributed by atoms with Crippen LogP contribution in [-0.2, 0) is 11.3 Å². The fraction of sp³-hybridized carbons (Fsp3) is 0.300. The highest BCUT2D eigenvalue weighted by Gasteiger charge is 2.16. The Morgan fingerprint density at radius 3 is 2.56 bits per heavy atom. The van der Waals surface area contributed by atoms with Gasteiger partial charge in [0, 0.05) is 30.9 Å². The van der Waals surface area contributed by atoms with E-state index in [9.17, 15) is 9.59 Å². The number of hydrogen-bond acceptors (Lipinski definition) is 3. The maximum atomic E-state index is 12.4. The minimum Gasteiger partial charge on any atom is -0.354 e. The molecule has 2 amide bonds. The first-order valence-electron chi connectivity index (χ1n) is 8.48. The van der Waals surface area contributed by atoms with Crippen LogP contribution in [0.3, 0.4) is 0 Å². The van der Waals surface area contributed by atoms with Gasteiger partial charge in [-0.15, -0.1) is 0 Å². The zero-order valence-electron chi connectivity index (χ0n) is 14.6. The highest BCUT2D eigenvalue weighted by atomic mass is 16.2. The number of benzene rings is 2. The van der Waals surface area contributed by atoms with Crippen LogP contribution in [0.5, 0.6) is 0 Å². The van der Waals surface area contributed by atoms with Gasteiger partial charge in [0.2, 0.25) is 5.91 Å². The summed E-state index contributed by atoms with van der Waals surface area (Å²) < 4.78 is 0. The van der Waals surface area contributed by atoms with E-state index in [2.05, 4.69) is 15.5 Å². The number of aryl methyl sites for hydroxylation is 2. The fourth-order valence-electron chi connectivity index (χ4n) is 2.87. The third-order valence-electron chi connectivity index (χ3n) is 4.50. The number of rotatable bonds is 4. The minimum absolute atomic E-state index is 0.0654. The van der Waals surface area contributed by atoms with Crippen molar-refractivity contribution >= 4 is 17.5 Å². The van der Waals surface area contributed by atoms with Crippen LogP contribution in [0, 0.1) is 13.8 Å². The molecule has 0 atom stereocenters. The molecule has 1 fully saturated rings. The molecule has 0 aliphatic carbocycles. The lowest BCUT2D eigenvalue weighted by Crippen LogP contribution is -2.47. The zero-order valence-corrected chi connectivity index (χ0v) is 14.6. The molecule has 0 spiro atoms. The Labute approximate surface area is 148 Å². The molecule has 0 unspecified atom stereocenters. The predicted molar refractivity (Wildman–Crippen MR) is 98.6 cm³/mol. The van der Waals surface area contributed by atoms with Crippen molar-refractivity contribution in [2.45, 2.75) is 20.4 Å². The molecule has 2 aromatic rings. The molecule has 1 saturated heterocycles. The van der Waals surface area contributed by atoms with Gasteiger partial charge in [-0.2, -0.15) is 0 Å². The van der Waals surface area contributed by atoms with Crippen molar-refractivity contribution in [1.82, 2.24) is 10.2 Å². The molecule has 1 aliphatic heterocycles. The van der Waals surface area contributed by atoms with Crippen LogP contribution in [-0.4, -0.2) is 36.3 Å². The Morgan fingerprint density at radius 1 is 1.12 bits per heavy atom. The summed E-state index contributed by atoms with van der Waals surface area (Å²) in [5, 5.41) is 5.75. The van der Waals surface area contributed by atoms with Crippen molar-refractivity contribution in [3.63, 3.8) is 0 Å². The molecule has 5 heteroatoms. The summed E-state index contributed by atoms with van der Waals surface area (Å²) >= 11 is 0. The van der Waals surface area contributed by atoms with Gasteiger partial charge in [0.1, 0.15) is 0 Å². The second kappa shape index (κ2) is 7.49. The van der Waals surface area contributed by atoms with Gasteiger partial charge in [0.15, 0.2) is 0 Å². The number of carbonyl (C=O) groups is 2. The van der Waals surface area contributed by atoms with Crippen LogP contribution in [0.1, 0.15) is 27.0 Å². The lowest BCUT2D eigenvalue weighted by Gasteiger charge is -2.26. The normalized spacial score (nSPS) is 14.9. The summed E-state index contributed by atoms with van der Waals surface area (Å²) in [6, 6.07) is 13.4. The Hall–Kier alpha value is -2.66. The monoisotopic (exact) mass is 337 g/mol. The molecule has 25 heavy (non-hydrogen) atoms. The third kappa shape index (κ3) is 4.45. The molecule has 1 aliphatic rings. The summed E-state index contributed by atoms with van der Waals surface area (Å²) in [6.45, 7) is 6.75. The molecule has 3 rings (SSSR count). The van der Waals surface area contributed by atoms with Crippen LogP contribution >= 0.6 is 0 Å². The Morgan fingerprint density at radius 2 is 1.88 bits per heavy atom. The maximum Gasteiger partial charge on any atom is 0.255 e. The van der Waals surface area contributed by atoms with E-state index in [0.717, 1.165) is 23.4 Å². The van der Waals surface area contributed by atoms with Gasteiger partial charge >= 0.3 is 0 Å². The number of amides is 2. The zero-order chi connectivity index (χ0) is 17.8. The van der Waals surface area contributed by atoms with Gasteiger partial charge in [-0.1, -0.05) is 18.2 Å². The Kier molecular flexibility index (Phi) is 5.14. The van der Waals surface area contributed by atoms with Crippen molar-refractivity contribution in [2.75, 3.05) is 25.0 Å².